The number of nitrogens with zero attached hydrogens (tertiary/aromatic N) is 2. The van der Waals surface area contributed by atoms with Crippen molar-refractivity contribution in [2.75, 3.05) is 12.0 Å². The second-order valence-electron chi connectivity index (χ2n) is 7.33. The number of hydrogen-bond acceptors (Lipinski definition) is 5. The van der Waals surface area contributed by atoms with E-state index in [1.807, 2.05) is 24.5 Å². The number of hydrogen-bond donors (Lipinski definition) is 2. The van der Waals surface area contributed by atoms with Crippen molar-refractivity contribution in [3.8, 4) is 17.2 Å². The maximum absolute atomic E-state index is 13.3. The van der Waals surface area contributed by atoms with Gasteiger partial charge < -0.3 is 14.4 Å². The van der Waals surface area contributed by atoms with Crippen LogP contribution in [0, 0.1) is 13.8 Å². The number of benzene rings is 2. The van der Waals surface area contributed by atoms with Crippen molar-refractivity contribution in [1.82, 2.24) is 9.88 Å². The molecule has 0 saturated carbocycles. The van der Waals surface area contributed by atoms with Crippen LogP contribution in [0.1, 0.15) is 17.0 Å². The van der Waals surface area contributed by atoms with Crippen LogP contribution in [-0.2, 0) is 9.59 Å². The van der Waals surface area contributed by atoms with Crippen molar-refractivity contribution in [2.45, 2.75) is 13.8 Å². The molecule has 2 N–H and O–H groups in total. The largest absolute Gasteiger partial charge is 0.508 e. The van der Waals surface area contributed by atoms with Crippen LogP contribution < -0.4 is 15.0 Å². The fraction of sp³-hybridized carbons (Fsp3) is 0.125. The zero-order valence-corrected chi connectivity index (χ0v) is 18.6. The first-order chi connectivity index (χ1) is 15.3. The maximum atomic E-state index is 13.3. The molecule has 2 heterocycles. The first-order valence-electron chi connectivity index (χ1n) is 9.84. The lowest BCUT2D eigenvalue weighted by atomic mass is 10.1. The first-order valence-corrected chi connectivity index (χ1v) is 10.2. The highest BCUT2D eigenvalue weighted by Crippen LogP contribution is 2.27. The van der Waals surface area contributed by atoms with Gasteiger partial charge in [0.2, 0.25) is 0 Å². The van der Waals surface area contributed by atoms with Gasteiger partial charge in [0, 0.05) is 17.1 Å². The van der Waals surface area contributed by atoms with Gasteiger partial charge in [-0.3, -0.25) is 19.8 Å². The smallest absolute Gasteiger partial charge is 0.270 e. The highest BCUT2D eigenvalue weighted by atomic mass is 32.1. The van der Waals surface area contributed by atoms with Crippen LogP contribution in [0.5, 0.6) is 11.5 Å². The molecular formula is C24H21N3O4S. The van der Waals surface area contributed by atoms with Gasteiger partial charge in [-0.05, 0) is 92.3 Å². The number of anilines is 1. The predicted octanol–water partition coefficient (Wildman–Crippen LogP) is 3.64. The van der Waals surface area contributed by atoms with E-state index in [2.05, 4.69) is 5.32 Å². The molecule has 0 unspecified atom stereocenters. The fourth-order valence-electron chi connectivity index (χ4n) is 3.71. The Kier molecular flexibility index (Phi) is 5.54. The molecule has 0 spiro atoms. The molecule has 2 amide bonds. The summed E-state index contributed by atoms with van der Waals surface area (Å²) in [7, 11) is 1.56. The van der Waals surface area contributed by atoms with Gasteiger partial charge in [0.1, 0.15) is 17.1 Å². The minimum absolute atomic E-state index is 0.0135. The van der Waals surface area contributed by atoms with Crippen molar-refractivity contribution in [1.29, 1.82) is 0 Å². The minimum Gasteiger partial charge on any atom is -0.508 e. The molecule has 0 aliphatic carbocycles. The van der Waals surface area contributed by atoms with Crippen molar-refractivity contribution >= 4 is 40.9 Å². The highest BCUT2D eigenvalue weighted by molar-refractivity contribution is 7.80. The van der Waals surface area contributed by atoms with E-state index < -0.39 is 11.8 Å². The van der Waals surface area contributed by atoms with Crippen LogP contribution in [0.4, 0.5) is 5.69 Å². The standard InChI is InChI=1S/C24H21N3O4S/c1-14-12-16(15(2)26(14)17-4-8-19(28)9-5-17)13-21-22(29)25-24(32)27(23(21)30)18-6-10-20(31-3)11-7-18/h4-13,28H,1-3H3,(H,25,29,32)/b21-13-. The molecule has 32 heavy (non-hydrogen) atoms. The van der Waals surface area contributed by atoms with Crippen molar-refractivity contribution in [2.24, 2.45) is 0 Å². The average molecular weight is 448 g/mol. The van der Waals surface area contributed by atoms with Crippen molar-refractivity contribution in [3.05, 3.63) is 77.1 Å². The first kappa shape index (κ1) is 21.3. The number of thiocarbonyl (C=S) groups is 1. The van der Waals surface area contributed by atoms with Crippen molar-refractivity contribution in [3.63, 3.8) is 0 Å². The number of nitrogens with one attached hydrogen (secondary N) is 1. The van der Waals surface area contributed by atoms with Crippen molar-refractivity contribution < 1.29 is 19.4 Å². The summed E-state index contributed by atoms with van der Waals surface area (Å²) < 4.78 is 7.15. The molecule has 1 aromatic heterocycles. The molecule has 1 aliphatic heterocycles. The Morgan fingerprint density at radius 1 is 1.00 bits per heavy atom. The quantitative estimate of drug-likeness (QED) is 0.362. The number of ether oxygens (including phenoxy) is 1. The molecular weight excluding hydrogens is 426 g/mol. The number of aromatic nitrogens is 1. The molecule has 0 atom stereocenters. The SMILES string of the molecule is COc1ccc(N2C(=O)/C(=C\c3cc(C)n(-c4ccc(O)cc4)c3C)C(=O)NC2=S)cc1. The lowest BCUT2D eigenvalue weighted by molar-refractivity contribution is -0.122. The maximum Gasteiger partial charge on any atom is 0.270 e. The number of methoxy groups -OCH3 is 1. The van der Waals surface area contributed by atoms with Crippen LogP contribution in [-0.4, -0.2) is 33.7 Å². The van der Waals surface area contributed by atoms with E-state index in [1.165, 1.54) is 4.90 Å². The van der Waals surface area contributed by atoms with Gasteiger partial charge in [0.15, 0.2) is 5.11 Å². The summed E-state index contributed by atoms with van der Waals surface area (Å²) in [6.07, 6.45) is 1.58. The van der Waals surface area contributed by atoms with Gasteiger partial charge >= 0.3 is 0 Å². The molecule has 0 radical (unpaired) electrons. The number of carbonyl (C=O) groups is 2. The number of rotatable bonds is 4. The monoisotopic (exact) mass is 447 g/mol. The van der Waals surface area contributed by atoms with E-state index in [9.17, 15) is 14.7 Å². The number of aryl methyl sites for hydroxylation is 1. The number of phenols is 1. The molecule has 1 saturated heterocycles. The summed E-state index contributed by atoms with van der Waals surface area (Å²) in [5, 5.41) is 12.2. The van der Waals surface area contributed by atoms with Crippen LogP contribution >= 0.6 is 12.2 Å². The minimum atomic E-state index is -0.542. The topological polar surface area (TPSA) is 83.8 Å². The van der Waals surface area contributed by atoms with Gasteiger partial charge in [-0.2, -0.15) is 0 Å². The molecule has 1 aliphatic rings. The zero-order valence-electron chi connectivity index (χ0n) is 17.7. The third kappa shape index (κ3) is 3.76. The lowest BCUT2D eigenvalue weighted by Gasteiger charge is -2.29. The third-order valence-corrected chi connectivity index (χ3v) is 5.59. The Morgan fingerprint density at radius 3 is 2.25 bits per heavy atom. The predicted molar refractivity (Wildman–Crippen MR) is 126 cm³/mol. The van der Waals surface area contributed by atoms with Gasteiger partial charge in [-0.25, -0.2) is 0 Å². The molecule has 3 aromatic rings. The average Bonchev–Trinajstić information content (AvgIpc) is 3.05. The van der Waals surface area contributed by atoms with E-state index in [4.69, 9.17) is 17.0 Å². The summed E-state index contributed by atoms with van der Waals surface area (Å²) in [6.45, 7) is 3.84. The number of amides is 2. The summed E-state index contributed by atoms with van der Waals surface area (Å²) in [5.74, 6) is -0.222. The van der Waals surface area contributed by atoms with E-state index in [0.717, 1.165) is 22.6 Å². The second kappa shape index (κ2) is 8.32. The van der Waals surface area contributed by atoms with Gasteiger partial charge in [0.25, 0.3) is 11.8 Å². The van der Waals surface area contributed by atoms with Gasteiger partial charge in [-0.1, -0.05) is 0 Å². The molecule has 162 valence electrons. The Balaban J connectivity index is 1.73. The van der Waals surface area contributed by atoms with E-state index >= 15 is 0 Å². The molecule has 0 bridgehead atoms. The molecule has 7 nitrogen and oxygen atoms in total. The third-order valence-electron chi connectivity index (χ3n) is 5.31. The summed E-state index contributed by atoms with van der Waals surface area (Å²) in [5.41, 5.74) is 3.89. The summed E-state index contributed by atoms with van der Waals surface area (Å²) in [4.78, 5) is 27.2. The summed E-state index contributed by atoms with van der Waals surface area (Å²) >= 11 is 5.26. The normalized spacial score (nSPS) is 15.3. The Morgan fingerprint density at radius 2 is 1.62 bits per heavy atom. The zero-order chi connectivity index (χ0) is 23.0. The van der Waals surface area contributed by atoms with Gasteiger partial charge in [0.05, 0.1) is 12.8 Å². The fourth-order valence-corrected chi connectivity index (χ4v) is 3.99. The number of carbonyl (C=O) groups excluding carboxylic acids is 2. The lowest BCUT2D eigenvalue weighted by Crippen LogP contribution is -2.54. The molecule has 1 fully saturated rings. The second-order valence-corrected chi connectivity index (χ2v) is 7.72. The number of phenolic OH excluding ortho intramolecular Hbond substituents is 1. The summed E-state index contributed by atoms with van der Waals surface area (Å²) in [6, 6.07) is 15.6. The number of aromatic hydroxyl groups is 1. The Hall–Kier alpha value is -3.91. The Labute approximate surface area is 190 Å². The molecule has 4 rings (SSSR count). The Bertz CT molecular complexity index is 1260. The van der Waals surface area contributed by atoms with E-state index in [1.54, 1.807) is 61.7 Å². The highest BCUT2D eigenvalue weighted by Gasteiger charge is 2.34. The molecule has 8 heteroatoms. The van der Waals surface area contributed by atoms with Crippen LogP contribution in [0.2, 0.25) is 0 Å². The molecule has 2 aromatic carbocycles. The van der Waals surface area contributed by atoms with E-state index in [-0.39, 0.29) is 16.4 Å². The van der Waals surface area contributed by atoms with Crippen LogP contribution in [0.25, 0.3) is 11.8 Å². The van der Waals surface area contributed by atoms with Crippen LogP contribution in [0.3, 0.4) is 0 Å². The van der Waals surface area contributed by atoms with Crippen LogP contribution in [0.15, 0.2) is 60.2 Å². The van der Waals surface area contributed by atoms with Gasteiger partial charge in [-0.15, -0.1) is 0 Å². The van der Waals surface area contributed by atoms with E-state index in [0.29, 0.717) is 11.4 Å².